The molecule has 7 aromatic carbocycles. The number of para-hydroxylation sites is 1. The van der Waals surface area contributed by atoms with Crippen molar-refractivity contribution in [2.45, 2.75) is 79.5 Å². The van der Waals surface area contributed by atoms with Crippen LogP contribution in [-0.2, 0) is 5.41 Å². The normalized spacial score (nSPS) is 12.6. The Morgan fingerprint density at radius 2 is 1.23 bits per heavy atom. The third kappa shape index (κ3) is 8.05. The fraction of sp³-hybridized carbons (Fsp3) is 0.200. The number of pyridine rings is 1. The first kappa shape index (κ1) is 39.8. The molecule has 2 heterocycles. The molecule has 0 amide bonds. The number of imidazole rings is 1. The second-order valence-electron chi connectivity index (χ2n) is 18.6. The molecular formula is C60H57N3O. The Hall–Kier alpha value is -7.04. The zero-order valence-corrected chi connectivity index (χ0v) is 38.4. The van der Waals surface area contributed by atoms with Gasteiger partial charge in [-0.2, -0.15) is 0 Å². The molecule has 0 saturated heterocycles. The van der Waals surface area contributed by atoms with Crippen molar-refractivity contribution in [1.29, 1.82) is 0 Å². The number of nitrogens with zero attached hydrogens (tertiary/aromatic N) is 3. The summed E-state index contributed by atoms with van der Waals surface area (Å²) in [6.07, 6.45) is 1.88. The number of benzene rings is 7. The van der Waals surface area contributed by atoms with Gasteiger partial charge >= 0.3 is 0 Å². The summed E-state index contributed by atoms with van der Waals surface area (Å²) in [5, 5.41) is 12.0. The predicted octanol–water partition coefficient (Wildman–Crippen LogP) is 16.3. The van der Waals surface area contributed by atoms with Crippen molar-refractivity contribution in [2.75, 3.05) is 0 Å². The van der Waals surface area contributed by atoms with Gasteiger partial charge in [-0.1, -0.05) is 158 Å². The minimum Gasteiger partial charge on any atom is -0.507 e. The summed E-state index contributed by atoms with van der Waals surface area (Å²) in [6.45, 7) is 18.4. The Morgan fingerprint density at radius 1 is 0.562 bits per heavy atom. The van der Waals surface area contributed by atoms with Crippen molar-refractivity contribution >= 4 is 11.0 Å². The molecule has 0 spiro atoms. The molecule has 0 fully saturated rings. The van der Waals surface area contributed by atoms with Crippen LogP contribution < -0.4 is 0 Å². The minimum absolute atomic E-state index is 0.184. The van der Waals surface area contributed by atoms with Gasteiger partial charge in [0.05, 0.1) is 28.0 Å². The summed E-state index contributed by atoms with van der Waals surface area (Å²) >= 11 is 0. The molecule has 2 aromatic heterocycles. The van der Waals surface area contributed by atoms with E-state index in [0.717, 1.165) is 94.7 Å². The number of aromatic nitrogens is 3. The third-order valence-electron chi connectivity index (χ3n) is 12.4. The molecule has 9 rings (SSSR count). The summed E-state index contributed by atoms with van der Waals surface area (Å²) in [6, 6.07) is 54.7. The number of aromatic hydroxyl groups is 1. The van der Waals surface area contributed by atoms with Crippen LogP contribution in [0.25, 0.3) is 83.9 Å². The number of rotatable bonds is 9. The van der Waals surface area contributed by atoms with Crippen LogP contribution >= 0.6 is 0 Å². The van der Waals surface area contributed by atoms with E-state index >= 15 is 0 Å². The fourth-order valence-electron chi connectivity index (χ4n) is 8.91. The number of hydrogen-bond acceptors (Lipinski definition) is 3. The zero-order valence-electron chi connectivity index (χ0n) is 40.4. The Kier molecular flexibility index (Phi) is 10.5. The van der Waals surface area contributed by atoms with E-state index in [-0.39, 0.29) is 11.2 Å². The summed E-state index contributed by atoms with van der Waals surface area (Å²) in [7, 11) is 0. The molecule has 0 aliphatic heterocycles. The van der Waals surface area contributed by atoms with Gasteiger partial charge in [0.15, 0.2) is 0 Å². The first-order valence-corrected chi connectivity index (χ1v) is 22.2. The molecule has 9 aromatic rings. The van der Waals surface area contributed by atoms with E-state index in [1.54, 1.807) is 0 Å². The van der Waals surface area contributed by atoms with Gasteiger partial charge in [-0.25, -0.2) is 4.98 Å². The predicted molar refractivity (Wildman–Crippen MR) is 269 cm³/mol. The van der Waals surface area contributed by atoms with Crippen LogP contribution in [0.2, 0.25) is 0 Å². The van der Waals surface area contributed by atoms with Crippen molar-refractivity contribution in [2.24, 2.45) is 0 Å². The number of aryl methyl sites for hydroxylation is 2. The lowest BCUT2D eigenvalue weighted by Gasteiger charge is -2.22. The topological polar surface area (TPSA) is 50.9 Å². The molecule has 1 N–H and O–H groups in total. The minimum atomic E-state index is -0.916. The highest BCUT2D eigenvalue weighted by atomic mass is 16.3. The van der Waals surface area contributed by atoms with Gasteiger partial charge in [0, 0.05) is 25.6 Å². The van der Waals surface area contributed by atoms with Crippen molar-refractivity contribution < 1.29 is 7.85 Å². The summed E-state index contributed by atoms with van der Waals surface area (Å²) in [5.41, 5.74) is 17.8. The molecule has 0 radical (unpaired) electrons. The van der Waals surface area contributed by atoms with Crippen LogP contribution in [0.3, 0.4) is 0 Å². The average Bonchev–Trinajstić information content (AvgIpc) is 3.69. The quantitative estimate of drug-likeness (QED) is 0.158. The number of phenols is 1. The second-order valence-corrected chi connectivity index (χ2v) is 18.6. The average molecular weight is 838 g/mol. The maximum Gasteiger partial charge on any atom is 0.149 e. The highest BCUT2D eigenvalue weighted by Crippen LogP contribution is 2.45. The first-order chi connectivity index (χ1) is 31.3. The molecule has 4 nitrogen and oxygen atoms in total. The molecule has 318 valence electrons. The Morgan fingerprint density at radius 3 is 1.89 bits per heavy atom. The van der Waals surface area contributed by atoms with E-state index in [2.05, 4.69) is 135 Å². The molecule has 0 aliphatic rings. The largest absolute Gasteiger partial charge is 0.507 e. The summed E-state index contributed by atoms with van der Waals surface area (Å²) < 4.78 is 20.2. The lowest BCUT2D eigenvalue weighted by molar-refractivity contribution is 0.472. The lowest BCUT2D eigenvalue weighted by atomic mass is 9.83. The zero-order chi connectivity index (χ0) is 46.7. The van der Waals surface area contributed by atoms with Gasteiger partial charge in [0.25, 0.3) is 0 Å². The number of fused-ring (bicyclic) bond motifs is 1. The molecule has 0 aliphatic carbocycles. The Balaban J connectivity index is 1.33. The van der Waals surface area contributed by atoms with Gasteiger partial charge in [0.1, 0.15) is 11.6 Å². The second kappa shape index (κ2) is 16.9. The van der Waals surface area contributed by atoms with E-state index in [0.29, 0.717) is 11.4 Å². The van der Waals surface area contributed by atoms with Crippen LogP contribution in [0.15, 0.2) is 164 Å². The van der Waals surface area contributed by atoms with Gasteiger partial charge in [-0.3, -0.25) is 9.55 Å². The smallest absolute Gasteiger partial charge is 0.149 e. The van der Waals surface area contributed by atoms with Gasteiger partial charge < -0.3 is 5.11 Å². The number of phenolic OH excluding ortho intramolecular Hbond substituents is 1. The maximum absolute atomic E-state index is 12.0. The molecule has 0 atom stereocenters. The van der Waals surface area contributed by atoms with E-state index in [1.807, 2.05) is 95.4 Å². The Bertz CT molecular complexity index is 3260. The van der Waals surface area contributed by atoms with Crippen molar-refractivity contribution in [3.05, 3.63) is 192 Å². The monoisotopic (exact) mass is 837 g/mol. The first-order valence-electron chi connectivity index (χ1n) is 23.2. The highest BCUT2D eigenvalue weighted by molar-refractivity contribution is 5.98. The maximum atomic E-state index is 12.0. The van der Waals surface area contributed by atoms with Crippen LogP contribution in [-0.4, -0.2) is 19.6 Å². The third-order valence-corrected chi connectivity index (χ3v) is 12.4. The van der Waals surface area contributed by atoms with Crippen molar-refractivity contribution in [3.63, 3.8) is 0 Å². The highest BCUT2D eigenvalue weighted by Gasteiger charge is 2.26. The molecular weight excluding hydrogens is 779 g/mol. The van der Waals surface area contributed by atoms with Gasteiger partial charge in [0.2, 0.25) is 0 Å². The van der Waals surface area contributed by atoms with E-state index in [9.17, 15) is 6.48 Å². The van der Waals surface area contributed by atoms with E-state index in [1.165, 1.54) is 5.56 Å². The van der Waals surface area contributed by atoms with Crippen LogP contribution in [0.4, 0.5) is 0 Å². The summed E-state index contributed by atoms with van der Waals surface area (Å²) in [5.74, 6) is -0.782. The molecule has 0 saturated carbocycles. The standard InChI is InChI=1S/C60H57N3O/c1-37(2)41-23-25-42(26-24-41)45-27-28-61-54(34-45)47-31-46(32-48(33-47)60(7,8)9)49-21-16-22-55-57(49)62-59(53-30-39(5)29-40(6)58(53)64)63(55)56-36-51(43-17-12-10-13-18-43)50(38(3)4)35-52(56)44-19-14-11-15-20-44/h10-38,64H,1-9H3/i37D,38D. The molecule has 0 bridgehead atoms. The SMILES string of the molecule is [2H]C(C)(C)c1ccc(-c2ccnc(-c3cc(-c4cccc5c4nc(-c4cc(C)cc(C)c4O)n5-c4cc(-c5ccccc5)c(C([2H])(C)C)cc4-c4ccccc4)cc(C(C)(C)C)c3)c2)cc1. The lowest BCUT2D eigenvalue weighted by Crippen LogP contribution is -2.11. The summed E-state index contributed by atoms with van der Waals surface area (Å²) in [4.78, 5) is 10.5. The van der Waals surface area contributed by atoms with Crippen LogP contribution in [0.1, 0.15) is 90.8 Å². The van der Waals surface area contributed by atoms with Crippen molar-refractivity contribution in [3.8, 4) is 78.6 Å². The molecule has 0 unspecified atom stereocenters. The van der Waals surface area contributed by atoms with Crippen LogP contribution in [0, 0.1) is 13.8 Å². The van der Waals surface area contributed by atoms with E-state index < -0.39 is 11.8 Å². The van der Waals surface area contributed by atoms with E-state index in [4.69, 9.17) is 11.3 Å². The van der Waals surface area contributed by atoms with Crippen LogP contribution in [0.5, 0.6) is 5.75 Å². The van der Waals surface area contributed by atoms with Gasteiger partial charge in [-0.15, -0.1) is 0 Å². The number of hydrogen-bond donors (Lipinski definition) is 1. The van der Waals surface area contributed by atoms with Gasteiger partial charge in [-0.05, 0) is 141 Å². The molecule has 4 heteroatoms. The molecule has 64 heavy (non-hydrogen) atoms. The fourth-order valence-corrected chi connectivity index (χ4v) is 8.91. The Labute approximate surface area is 381 Å². The van der Waals surface area contributed by atoms with Crippen molar-refractivity contribution in [1.82, 2.24) is 14.5 Å².